The first-order valence-corrected chi connectivity index (χ1v) is 26.0. The van der Waals surface area contributed by atoms with Crippen LogP contribution in [-0.4, -0.2) is 13.4 Å². The summed E-state index contributed by atoms with van der Waals surface area (Å²) in [7, 11) is 0. The van der Waals surface area contributed by atoms with Crippen LogP contribution in [0.25, 0.3) is 118 Å². The summed E-state index contributed by atoms with van der Waals surface area (Å²) >= 11 is 0. The van der Waals surface area contributed by atoms with Crippen molar-refractivity contribution in [2.75, 3.05) is 0 Å². The van der Waals surface area contributed by atoms with Crippen LogP contribution in [-0.2, 0) is 0 Å². The van der Waals surface area contributed by atoms with Gasteiger partial charge in [-0.3, -0.25) is 0 Å². The number of fused-ring (bicyclic) bond motifs is 8. The van der Waals surface area contributed by atoms with E-state index < -0.39 is 0 Å². The molecule has 16 aromatic carbocycles. The lowest BCUT2D eigenvalue weighted by Crippen LogP contribution is -2.52. The van der Waals surface area contributed by atoms with Gasteiger partial charge in [-0.25, -0.2) is 0 Å². The highest BCUT2D eigenvalue weighted by Crippen LogP contribution is 2.35. The van der Waals surface area contributed by atoms with Gasteiger partial charge in [0.05, 0.1) is 0 Å². The minimum absolute atomic E-state index is 0.0270. The SMILES string of the molecule is c1ccc2cc3cc(B(c4ccc5cc6ccccc6cc5c4)c4ccc5ccc6c(B(c7ccc8cc9ccccc9cc8c7)c7ccc8cc9ccccc9cc8c7)ccc7ccc4c5c76)ccc3cc2c1. The molecule has 0 saturated carbocycles. The van der Waals surface area contributed by atoms with Gasteiger partial charge in [0.2, 0.25) is 13.4 Å². The number of benzene rings is 16. The predicted octanol–water partition coefficient (Wildman–Crippen LogP) is 14.8. The maximum atomic E-state index is 2.45. The molecule has 0 unspecified atom stereocenters. The fraction of sp³-hybridized carbons (Fsp3) is 0. The molecule has 0 spiro atoms. The Labute approximate surface area is 429 Å². The Hall–Kier alpha value is -9.23. The van der Waals surface area contributed by atoms with E-state index in [4.69, 9.17) is 0 Å². The van der Waals surface area contributed by atoms with Gasteiger partial charge in [0.15, 0.2) is 0 Å². The lowest BCUT2D eigenvalue weighted by Gasteiger charge is -2.23. The van der Waals surface area contributed by atoms with Crippen molar-refractivity contribution in [1.82, 2.24) is 0 Å². The third-order valence-corrected chi connectivity index (χ3v) is 16.6. The van der Waals surface area contributed by atoms with Gasteiger partial charge in [-0.2, -0.15) is 0 Å². The van der Waals surface area contributed by atoms with E-state index in [0.29, 0.717) is 0 Å². The molecule has 0 bridgehead atoms. The van der Waals surface area contributed by atoms with Gasteiger partial charge in [-0.15, -0.1) is 0 Å². The molecular weight excluding hydrogens is 886 g/mol. The normalized spacial score (nSPS) is 12.1. The largest absolute Gasteiger partial charge is 0.242 e. The van der Waals surface area contributed by atoms with E-state index in [0.717, 1.165) is 0 Å². The second-order valence-electron chi connectivity index (χ2n) is 20.8. The monoisotopic (exact) mass is 930 g/mol. The van der Waals surface area contributed by atoms with Gasteiger partial charge in [0, 0.05) is 0 Å². The maximum Gasteiger partial charge on any atom is 0.242 e. The first-order chi connectivity index (χ1) is 36.6. The minimum atomic E-state index is -0.0270. The van der Waals surface area contributed by atoms with E-state index in [1.54, 1.807) is 0 Å². The second-order valence-corrected chi connectivity index (χ2v) is 20.8. The Morgan fingerprint density at radius 3 is 0.649 bits per heavy atom. The molecule has 0 aromatic heterocycles. The van der Waals surface area contributed by atoms with Crippen molar-refractivity contribution in [3.8, 4) is 0 Å². The zero-order chi connectivity index (χ0) is 48.4. The Bertz CT molecular complexity index is 4440. The van der Waals surface area contributed by atoms with Crippen LogP contribution >= 0.6 is 0 Å². The molecule has 0 radical (unpaired) electrons. The van der Waals surface area contributed by atoms with Crippen LogP contribution in [0.2, 0.25) is 0 Å². The van der Waals surface area contributed by atoms with Crippen LogP contribution < -0.4 is 32.8 Å². The van der Waals surface area contributed by atoms with E-state index in [1.807, 2.05) is 0 Å². The molecule has 74 heavy (non-hydrogen) atoms. The first kappa shape index (κ1) is 41.4. The number of hydrogen-bond donors (Lipinski definition) is 0. The van der Waals surface area contributed by atoms with Crippen LogP contribution in [0.4, 0.5) is 0 Å². The van der Waals surface area contributed by atoms with E-state index >= 15 is 0 Å². The van der Waals surface area contributed by atoms with E-state index in [2.05, 4.69) is 267 Å². The lowest BCUT2D eigenvalue weighted by atomic mass is 9.35. The van der Waals surface area contributed by atoms with Crippen molar-refractivity contribution in [2.24, 2.45) is 0 Å². The maximum absolute atomic E-state index is 2.45. The fourth-order valence-corrected chi connectivity index (χ4v) is 13.0. The first-order valence-electron chi connectivity index (χ1n) is 26.0. The molecule has 0 aliphatic carbocycles. The molecule has 2 heteroatoms. The van der Waals surface area contributed by atoms with Crippen molar-refractivity contribution in [1.29, 1.82) is 0 Å². The standard InChI is InChI=1S/C72H44B2/c1-5-13-51-37-59-41-63(25-17-55(59)33-47(51)9-1)73(64-26-18-56-34-48-10-2-6-14-52(48)38-60(56)42-64)69-31-23-45-22-30-68-70(32-24-46-21-29-67(69)71(45)72(46)68)74(65-27-19-57-35-49-11-3-7-15-53(49)39-61(57)43-65)66-28-20-58-36-50-12-4-8-16-54(50)40-62(58)44-66/h1-44H. The molecule has 16 rings (SSSR count). The number of hydrogen-bond acceptors (Lipinski definition) is 0. The molecule has 338 valence electrons. The summed E-state index contributed by atoms with van der Waals surface area (Å²) in [5.41, 5.74) is 7.79. The molecular formula is C72H44B2. The summed E-state index contributed by atoms with van der Waals surface area (Å²) in [6.07, 6.45) is 0. The third-order valence-electron chi connectivity index (χ3n) is 16.6. The molecule has 0 N–H and O–H groups in total. The average Bonchev–Trinajstić information content (AvgIpc) is 3.45. The molecule has 0 aliphatic rings. The van der Waals surface area contributed by atoms with Crippen molar-refractivity contribution in [3.05, 3.63) is 267 Å². The van der Waals surface area contributed by atoms with Crippen LogP contribution in [0.5, 0.6) is 0 Å². The lowest BCUT2D eigenvalue weighted by molar-refractivity contribution is 1.76. The minimum Gasteiger partial charge on any atom is -0.0680 e. The summed E-state index contributed by atoms with van der Waals surface area (Å²) in [4.78, 5) is 0. The van der Waals surface area contributed by atoms with E-state index in [9.17, 15) is 0 Å². The molecule has 0 amide bonds. The molecule has 16 aromatic rings. The molecule has 0 saturated heterocycles. The van der Waals surface area contributed by atoms with Gasteiger partial charge in [0.1, 0.15) is 0 Å². The van der Waals surface area contributed by atoms with Crippen molar-refractivity contribution < 1.29 is 0 Å². The molecule has 0 heterocycles. The van der Waals surface area contributed by atoms with Gasteiger partial charge in [0.25, 0.3) is 0 Å². The van der Waals surface area contributed by atoms with Gasteiger partial charge in [-0.05, 0) is 167 Å². The Kier molecular flexibility index (Phi) is 9.03. The van der Waals surface area contributed by atoms with Gasteiger partial charge < -0.3 is 0 Å². The topological polar surface area (TPSA) is 0 Å². The van der Waals surface area contributed by atoms with E-state index in [-0.39, 0.29) is 13.4 Å². The summed E-state index contributed by atoms with van der Waals surface area (Å²) in [5, 5.41) is 28.0. The van der Waals surface area contributed by atoms with Gasteiger partial charge >= 0.3 is 0 Å². The summed E-state index contributed by atoms with van der Waals surface area (Å²) in [6, 6.07) is 102. The Balaban J connectivity index is 0.931. The highest BCUT2D eigenvalue weighted by Gasteiger charge is 2.29. The highest BCUT2D eigenvalue weighted by molar-refractivity contribution is 6.98. The zero-order valence-corrected chi connectivity index (χ0v) is 40.6. The van der Waals surface area contributed by atoms with Crippen molar-refractivity contribution in [2.45, 2.75) is 0 Å². The Morgan fingerprint density at radius 1 is 0.162 bits per heavy atom. The average molecular weight is 931 g/mol. The Morgan fingerprint density at radius 2 is 0.378 bits per heavy atom. The highest BCUT2D eigenvalue weighted by atomic mass is 14.2. The number of rotatable bonds is 6. The smallest absolute Gasteiger partial charge is 0.0680 e. The molecule has 0 aliphatic heterocycles. The summed E-state index contributed by atoms with van der Waals surface area (Å²) < 4.78 is 0. The quantitative estimate of drug-likeness (QED) is 0.0885. The van der Waals surface area contributed by atoms with Crippen LogP contribution in [0.3, 0.4) is 0 Å². The summed E-state index contributed by atoms with van der Waals surface area (Å²) in [5.74, 6) is 0. The van der Waals surface area contributed by atoms with E-state index in [1.165, 1.54) is 151 Å². The summed E-state index contributed by atoms with van der Waals surface area (Å²) in [6.45, 7) is -0.0539. The zero-order valence-electron chi connectivity index (χ0n) is 40.6. The fourth-order valence-electron chi connectivity index (χ4n) is 13.0. The molecule has 0 atom stereocenters. The van der Waals surface area contributed by atoms with Crippen molar-refractivity contribution in [3.63, 3.8) is 0 Å². The second kappa shape index (κ2) is 16.1. The van der Waals surface area contributed by atoms with Gasteiger partial charge in [-0.1, -0.05) is 251 Å². The van der Waals surface area contributed by atoms with Crippen LogP contribution in [0.1, 0.15) is 0 Å². The predicted molar refractivity (Wildman–Crippen MR) is 325 cm³/mol. The molecule has 0 nitrogen and oxygen atoms in total. The molecule has 0 fully saturated rings. The van der Waals surface area contributed by atoms with Crippen LogP contribution in [0.15, 0.2) is 267 Å². The van der Waals surface area contributed by atoms with Crippen molar-refractivity contribution >= 4 is 165 Å². The van der Waals surface area contributed by atoms with Crippen LogP contribution in [0, 0.1) is 0 Å². The third kappa shape index (κ3) is 6.58.